The Labute approximate surface area is 150 Å². The molecule has 130 valence electrons. The normalized spacial score (nSPS) is 15.0. The molecular formula is C19H21N3O2S. The van der Waals surface area contributed by atoms with Gasteiger partial charge in [0.25, 0.3) is 0 Å². The lowest BCUT2D eigenvalue weighted by Gasteiger charge is -2.28. The Morgan fingerprint density at radius 3 is 2.84 bits per heavy atom. The maximum atomic E-state index is 12.9. The predicted octanol–water partition coefficient (Wildman–Crippen LogP) is 4.22. The third-order valence-corrected chi connectivity index (χ3v) is 5.55. The largest absolute Gasteiger partial charge is 0.467 e. The second-order valence-electron chi connectivity index (χ2n) is 6.39. The van der Waals surface area contributed by atoms with Crippen molar-refractivity contribution in [3.8, 4) is 0 Å². The van der Waals surface area contributed by atoms with Crippen LogP contribution in [0.5, 0.6) is 0 Å². The number of para-hydroxylation sites is 2. The fourth-order valence-electron chi connectivity index (χ4n) is 3.42. The molecular weight excluding hydrogens is 334 g/mol. The number of aromatic amines is 1. The molecule has 1 saturated carbocycles. The average molecular weight is 355 g/mol. The summed E-state index contributed by atoms with van der Waals surface area (Å²) in [7, 11) is 0. The first-order valence-electron chi connectivity index (χ1n) is 8.69. The molecule has 0 bridgehead atoms. The first kappa shape index (κ1) is 16.3. The van der Waals surface area contributed by atoms with Gasteiger partial charge in [-0.25, -0.2) is 4.98 Å². The van der Waals surface area contributed by atoms with Crippen LogP contribution in [-0.2, 0) is 11.3 Å². The van der Waals surface area contributed by atoms with E-state index < -0.39 is 0 Å². The number of rotatable bonds is 6. The number of nitrogens with zero attached hydrogens (tertiary/aromatic N) is 2. The summed E-state index contributed by atoms with van der Waals surface area (Å²) < 4.78 is 5.46. The highest BCUT2D eigenvalue weighted by Gasteiger charge is 2.27. The third-order valence-electron chi connectivity index (χ3n) is 4.69. The van der Waals surface area contributed by atoms with Crippen LogP contribution in [0.25, 0.3) is 11.0 Å². The smallest absolute Gasteiger partial charge is 0.233 e. The van der Waals surface area contributed by atoms with E-state index in [2.05, 4.69) is 9.97 Å². The molecule has 0 spiro atoms. The molecule has 0 unspecified atom stereocenters. The van der Waals surface area contributed by atoms with Gasteiger partial charge in [0, 0.05) is 6.04 Å². The van der Waals surface area contributed by atoms with Gasteiger partial charge in [0.1, 0.15) is 5.76 Å². The number of hydrogen-bond donors (Lipinski definition) is 1. The molecule has 1 aliphatic rings. The molecule has 1 aromatic carbocycles. The fraction of sp³-hybridized carbons (Fsp3) is 0.368. The van der Waals surface area contributed by atoms with Crippen LogP contribution < -0.4 is 0 Å². The van der Waals surface area contributed by atoms with E-state index in [9.17, 15) is 4.79 Å². The molecule has 0 aliphatic heterocycles. The van der Waals surface area contributed by atoms with Crippen molar-refractivity contribution in [2.75, 3.05) is 5.75 Å². The van der Waals surface area contributed by atoms with Crippen LogP contribution in [0, 0.1) is 0 Å². The van der Waals surface area contributed by atoms with Crippen molar-refractivity contribution in [3.63, 3.8) is 0 Å². The maximum absolute atomic E-state index is 12.9. The second kappa shape index (κ2) is 7.35. The van der Waals surface area contributed by atoms with E-state index in [1.807, 2.05) is 41.3 Å². The van der Waals surface area contributed by atoms with Crippen LogP contribution in [0.15, 0.2) is 52.2 Å². The van der Waals surface area contributed by atoms with Crippen molar-refractivity contribution in [1.29, 1.82) is 0 Å². The number of carbonyl (C=O) groups is 1. The minimum absolute atomic E-state index is 0.147. The first-order chi connectivity index (χ1) is 12.3. The summed E-state index contributed by atoms with van der Waals surface area (Å²) >= 11 is 1.47. The number of benzene rings is 1. The van der Waals surface area contributed by atoms with Gasteiger partial charge in [-0.1, -0.05) is 36.7 Å². The number of furan rings is 1. The number of fused-ring (bicyclic) bond motifs is 1. The van der Waals surface area contributed by atoms with Crippen LogP contribution in [0.1, 0.15) is 31.4 Å². The molecule has 1 aliphatic carbocycles. The molecule has 1 N–H and O–H groups in total. The van der Waals surface area contributed by atoms with Crippen molar-refractivity contribution < 1.29 is 9.21 Å². The van der Waals surface area contributed by atoms with E-state index in [4.69, 9.17) is 4.42 Å². The van der Waals surface area contributed by atoms with Gasteiger partial charge in [0.2, 0.25) is 5.91 Å². The number of hydrogen-bond acceptors (Lipinski definition) is 4. The highest BCUT2D eigenvalue weighted by atomic mass is 32.2. The average Bonchev–Trinajstić information content (AvgIpc) is 3.38. The minimum atomic E-state index is 0.147. The lowest BCUT2D eigenvalue weighted by molar-refractivity contribution is -0.131. The number of nitrogens with one attached hydrogen (secondary N) is 1. The molecule has 1 amide bonds. The Balaban J connectivity index is 1.44. The predicted molar refractivity (Wildman–Crippen MR) is 98.3 cm³/mol. The lowest BCUT2D eigenvalue weighted by atomic mass is 10.2. The van der Waals surface area contributed by atoms with E-state index in [1.165, 1.54) is 24.6 Å². The van der Waals surface area contributed by atoms with Crippen LogP contribution >= 0.6 is 11.8 Å². The van der Waals surface area contributed by atoms with Crippen LogP contribution in [0.2, 0.25) is 0 Å². The molecule has 2 heterocycles. The monoisotopic (exact) mass is 355 g/mol. The number of thioether (sulfide) groups is 1. The van der Waals surface area contributed by atoms with Gasteiger partial charge in [-0.05, 0) is 37.1 Å². The van der Waals surface area contributed by atoms with Crippen molar-refractivity contribution >= 4 is 28.7 Å². The van der Waals surface area contributed by atoms with Crippen LogP contribution in [-0.4, -0.2) is 32.6 Å². The lowest BCUT2D eigenvalue weighted by Crippen LogP contribution is -2.39. The Morgan fingerprint density at radius 1 is 1.24 bits per heavy atom. The van der Waals surface area contributed by atoms with Gasteiger partial charge in [-0.3, -0.25) is 4.79 Å². The summed E-state index contributed by atoms with van der Waals surface area (Å²) in [6, 6.07) is 12.0. The Morgan fingerprint density at radius 2 is 2.08 bits per heavy atom. The molecule has 2 aromatic heterocycles. The number of aromatic nitrogens is 2. The van der Waals surface area contributed by atoms with Gasteiger partial charge in [-0.2, -0.15) is 0 Å². The quantitative estimate of drug-likeness (QED) is 0.673. The van der Waals surface area contributed by atoms with Gasteiger partial charge < -0.3 is 14.3 Å². The standard InChI is InChI=1S/C19H21N3O2S/c23-18(13-25-19-20-16-9-3-4-10-17(16)21-19)22(14-6-1-2-7-14)12-15-8-5-11-24-15/h3-5,8-11,14H,1-2,6-7,12-13H2,(H,20,21). The van der Waals surface area contributed by atoms with Gasteiger partial charge in [-0.15, -0.1) is 0 Å². The van der Waals surface area contributed by atoms with Gasteiger partial charge in [0.15, 0.2) is 5.16 Å². The third kappa shape index (κ3) is 3.74. The fourth-order valence-corrected chi connectivity index (χ4v) is 4.19. The summed E-state index contributed by atoms with van der Waals surface area (Å²) in [5.41, 5.74) is 1.93. The van der Waals surface area contributed by atoms with Crippen molar-refractivity contribution in [2.45, 2.75) is 43.4 Å². The van der Waals surface area contributed by atoms with Crippen LogP contribution in [0.3, 0.4) is 0 Å². The zero-order valence-electron chi connectivity index (χ0n) is 14.0. The molecule has 6 heteroatoms. The van der Waals surface area contributed by atoms with Gasteiger partial charge in [0.05, 0.1) is 29.6 Å². The van der Waals surface area contributed by atoms with Crippen molar-refractivity contribution in [1.82, 2.24) is 14.9 Å². The highest BCUT2D eigenvalue weighted by molar-refractivity contribution is 7.99. The zero-order valence-corrected chi connectivity index (χ0v) is 14.8. The molecule has 0 radical (unpaired) electrons. The molecule has 5 nitrogen and oxygen atoms in total. The number of carbonyl (C=O) groups excluding carboxylic acids is 1. The number of amides is 1. The Bertz CT molecular complexity index is 804. The Hall–Kier alpha value is -2.21. The summed E-state index contributed by atoms with van der Waals surface area (Å²) in [6.07, 6.45) is 6.23. The molecule has 25 heavy (non-hydrogen) atoms. The van der Waals surface area contributed by atoms with E-state index in [1.54, 1.807) is 6.26 Å². The summed E-state index contributed by atoms with van der Waals surface area (Å²) in [6.45, 7) is 0.553. The van der Waals surface area contributed by atoms with Crippen molar-refractivity contribution in [2.24, 2.45) is 0 Å². The van der Waals surface area contributed by atoms with E-state index in [0.717, 1.165) is 34.8 Å². The summed E-state index contributed by atoms with van der Waals surface area (Å²) in [4.78, 5) is 22.7. The first-order valence-corrected chi connectivity index (χ1v) is 9.67. The van der Waals surface area contributed by atoms with E-state index >= 15 is 0 Å². The molecule has 3 aromatic rings. The Kier molecular flexibility index (Phi) is 4.78. The topological polar surface area (TPSA) is 62.1 Å². The molecule has 0 saturated heterocycles. The summed E-state index contributed by atoms with van der Waals surface area (Å²) in [5.74, 6) is 1.37. The van der Waals surface area contributed by atoms with E-state index in [-0.39, 0.29) is 5.91 Å². The van der Waals surface area contributed by atoms with Crippen molar-refractivity contribution in [3.05, 3.63) is 48.4 Å². The maximum Gasteiger partial charge on any atom is 0.233 e. The molecule has 4 rings (SSSR count). The molecule has 0 atom stereocenters. The van der Waals surface area contributed by atoms with Gasteiger partial charge >= 0.3 is 0 Å². The second-order valence-corrected chi connectivity index (χ2v) is 7.35. The summed E-state index contributed by atoms with van der Waals surface area (Å²) in [5, 5.41) is 0.791. The SMILES string of the molecule is O=C(CSc1nc2ccccc2[nH]1)N(Cc1ccco1)C1CCCC1. The number of imidazole rings is 1. The minimum Gasteiger partial charge on any atom is -0.467 e. The molecule has 1 fully saturated rings. The van der Waals surface area contributed by atoms with Crippen LogP contribution in [0.4, 0.5) is 0 Å². The van der Waals surface area contributed by atoms with E-state index in [0.29, 0.717) is 18.3 Å². The zero-order chi connectivity index (χ0) is 17.1. The highest BCUT2D eigenvalue weighted by Crippen LogP contribution is 2.27. The number of H-pyrrole nitrogens is 1.